The van der Waals surface area contributed by atoms with E-state index < -0.39 is 10.0 Å². The summed E-state index contributed by atoms with van der Waals surface area (Å²) in [5, 5.41) is 6.74. The molecule has 2 aromatic carbocycles. The van der Waals surface area contributed by atoms with Crippen LogP contribution in [0.1, 0.15) is 17.5 Å². The van der Waals surface area contributed by atoms with Crippen molar-refractivity contribution in [2.45, 2.75) is 25.2 Å². The van der Waals surface area contributed by atoms with Gasteiger partial charge in [0.25, 0.3) is 10.0 Å². The lowest BCUT2D eigenvalue weighted by Crippen LogP contribution is -2.34. The van der Waals surface area contributed by atoms with Gasteiger partial charge < -0.3 is 5.32 Å². The lowest BCUT2D eigenvalue weighted by Gasteiger charge is -2.24. The van der Waals surface area contributed by atoms with Crippen LogP contribution in [0.25, 0.3) is 0 Å². The largest absolute Gasteiger partial charge is 0.323 e. The number of benzene rings is 2. The predicted molar refractivity (Wildman–Crippen MR) is 113 cm³/mol. The van der Waals surface area contributed by atoms with E-state index in [1.54, 1.807) is 60.5 Å². The molecule has 0 saturated heterocycles. The van der Waals surface area contributed by atoms with Crippen molar-refractivity contribution in [3.05, 3.63) is 72.1 Å². The van der Waals surface area contributed by atoms with Crippen molar-refractivity contribution < 1.29 is 13.2 Å². The van der Waals surface area contributed by atoms with Crippen LogP contribution in [-0.2, 0) is 21.9 Å². The standard InChI is InChI=1S/C21H24N4O3S/c1-16-4-8-19(9-5-16)25(29(27,28)20-10-6-17(2)7-11-20)13-12-21(26)23-18-14-22-24(3)15-18/h4-11,14-15H,12-13H2,1-3H3,(H,23,26). The maximum Gasteiger partial charge on any atom is 0.264 e. The first-order valence-corrected chi connectivity index (χ1v) is 10.6. The second-order valence-electron chi connectivity index (χ2n) is 6.93. The molecular weight excluding hydrogens is 388 g/mol. The van der Waals surface area contributed by atoms with Gasteiger partial charge in [0.1, 0.15) is 0 Å². The van der Waals surface area contributed by atoms with Gasteiger partial charge in [-0.15, -0.1) is 0 Å². The Hall–Kier alpha value is -3.13. The Labute approximate surface area is 171 Å². The van der Waals surface area contributed by atoms with E-state index in [1.165, 1.54) is 4.31 Å². The van der Waals surface area contributed by atoms with Crippen LogP contribution < -0.4 is 9.62 Å². The van der Waals surface area contributed by atoms with Gasteiger partial charge in [-0.3, -0.25) is 13.8 Å². The molecule has 0 bridgehead atoms. The fourth-order valence-corrected chi connectivity index (χ4v) is 4.31. The molecule has 0 atom stereocenters. The second-order valence-corrected chi connectivity index (χ2v) is 8.79. The van der Waals surface area contributed by atoms with Crippen LogP contribution in [-0.4, -0.2) is 30.7 Å². The van der Waals surface area contributed by atoms with Crippen molar-refractivity contribution in [1.29, 1.82) is 0 Å². The van der Waals surface area contributed by atoms with Gasteiger partial charge in [-0.2, -0.15) is 5.10 Å². The summed E-state index contributed by atoms with van der Waals surface area (Å²) in [5.74, 6) is -0.283. The molecule has 8 heteroatoms. The molecule has 0 spiro atoms. The SMILES string of the molecule is Cc1ccc(N(CCC(=O)Nc2cnn(C)c2)S(=O)(=O)c2ccc(C)cc2)cc1. The summed E-state index contributed by atoms with van der Waals surface area (Å²) in [6.07, 6.45) is 3.23. The van der Waals surface area contributed by atoms with E-state index in [0.29, 0.717) is 11.4 Å². The Balaban J connectivity index is 1.84. The van der Waals surface area contributed by atoms with E-state index in [2.05, 4.69) is 10.4 Å². The van der Waals surface area contributed by atoms with Gasteiger partial charge >= 0.3 is 0 Å². The van der Waals surface area contributed by atoms with Crippen molar-refractivity contribution in [1.82, 2.24) is 9.78 Å². The number of aromatic nitrogens is 2. The average molecular weight is 413 g/mol. The maximum atomic E-state index is 13.3. The average Bonchev–Trinajstić information content (AvgIpc) is 3.08. The zero-order chi connectivity index (χ0) is 21.0. The van der Waals surface area contributed by atoms with Crippen LogP contribution in [0.4, 0.5) is 11.4 Å². The molecule has 0 unspecified atom stereocenters. The van der Waals surface area contributed by atoms with Gasteiger partial charge in [0.05, 0.1) is 22.5 Å². The molecule has 0 aliphatic carbocycles. The maximum absolute atomic E-state index is 13.3. The molecule has 3 aromatic rings. The Morgan fingerprint density at radius 2 is 1.62 bits per heavy atom. The molecule has 3 rings (SSSR count). The third-order valence-electron chi connectivity index (χ3n) is 4.46. The zero-order valence-corrected chi connectivity index (χ0v) is 17.5. The van der Waals surface area contributed by atoms with Crippen LogP contribution in [0.2, 0.25) is 0 Å². The Morgan fingerprint density at radius 3 is 2.17 bits per heavy atom. The van der Waals surface area contributed by atoms with Crippen LogP contribution in [0.3, 0.4) is 0 Å². The lowest BCUT2D eigenvalue weighted by atomic mass is 10.2. The van der Waals surface area contributed by atoms with Crippen LogP contribution in [0, 0.1) is 13.8 Å². The number of sulfonamides is 1. The fraction of sp³-hybridized carbons (Fsp3) is 0.238. The van der Waals surface area contributed by atoms with E-state index in [-0.39, 0.29) is 23.8 Å². The fourth-order valence-electron chi connectivity index (χ4n) is 2.85. The van der Waals surface area contributed by atoms with Gasteiger partial charge in [-0.05, 0) is 38.1 Å². The van der Waals surface area contributed by atoms with Crippen molar-refractivity contribution >= 4 is 27.3 Å². The number of nitrogens with one attached hydrogen (secondary N) is 1. The third kappa shape index (κ3) is 5.03. The van der Waals surface area contributed by atoms with Gasteiger partial charge in [-0.1, -0.05) is 35.4 Å². The molecule has 0 aliphatic rings. The molecule has 152 valence electrons. The monoisotopic (exact) mass is 412 g/mol. The zero-order valence-electron chi connectivity index (χ0n) is 16.7. The number of anilines is 2. The Bertz CT molecular complexity index is 1090. The minimum absolute atomic E-state index is 0.00780. The highest BCUT2D eigenvalue weighted by Crippen LogP contribution is 2.25. The number of aryl methyl sites for hydroxylation is 3. The number of rotatable bonds is 7. The van der Waals surface area contributed by atoms with Crippen LogP contribution in [0.5, 0.6) is 0 Å². The molecule has 1 amide bonds. The number of carbonyl (C=O) groups is 1. The molecule has 0 fully saturated rings. The molecule has 7 nitrogen and oxygen atoms in total. The van der Waals surface area contributed by atoms with Gasteiger partial charge in [0.2, 0.25) is 5.91 Å². The van der Waals surface area contributed by atoms with Gasteiger partial charge in [-0.25, -0.2) is 8.42 Å². The molecule has 1 heterocycles. The number of hydrogen-bond acceptors (Lipinski definition) is 4. The van der Waals surface area contributed by atoms with E-state index in [0.717, 1.165) is 11.1 Å². The molecule has 0 aliphatic heterocycles. The summed E-state index contributed by atoms with van der Waals surface area (Å²) in [4.78, 5) is 12.5. The molecule has 0 radical (unpaired) electrons. The van der Waals surface area contributed by atoms with E-state index >= 15 is 0 Å². The van der Waals surface area contributed by atoms with Crippen molar-refractivity contribution in [2.75, 3.05) is 16.2 Å². The minimum atomic E-state index is -3.81. The minimum Gasteiger partial charge on any atom is -0.323 e. The highest BCUT2D eigenvalue weighted by Gasteiger charge is 2.25. The highest BCUT2D eigenvalue weighted by atomic mass is 32.2. The van der Waals surface area contributed by atoms with Gasteiger partial charge in [0.15, 0.2) is 0 Å². The summed E-state index contributed by atoms with van der Waals surface area (Å²) in [6, 6.07) is 13.9. The Morgan fingerprint density at radius 1 is 1.03 bits per heavy atom. The molecule has 1 N–H and O–H groups in total. The summed E-state index contributed by atoms with van der Waals surface area (Å²) >= 11 is 0. The number of hydrogen-bond donors (Lipinski definition) is 1. The first-order valence-electron chi connectivity index (χ1n) is 9.20. The number of nitrogens with zero attached hydrogens (tertiary/aromatic N) is 3. The van der Waals surface area contributed by atoms with Crippen LogP contribution >= 0.6 is 0 Å². The van der Waals surface area contributed by atoms with E-state index in [9.17, 15) is 13.2 Å². The smallest absolute Gasteiger partial charge is 0.264 e. The van der Waals surface area contributed by atoms with Gasteiger partial charge in [0, 0.05) is 26.2 Å². The number of amides is 1. The summed E-state index contributed by atoms with van der Waals surface area (Å²) < 4.78 is 29.4. The molecule has 29 heavy (non-hydrogen) atoms. The first-order chi connectivity index (χ1) is 13.8. The quantitative estimate of drug-likeness (QED) is 0.646. The van der Waals surface area contributed by atoms with Crippen molar-refractivity contribution in [2.24, 2.45) is 7.05 Å². The Kier molecular flexibility index (Phi) is 6.03. The predicted octanol–water partition coefficient (Wildman–Crippen LogP) is 3.26. The molecular formula is C21H24N4O3S. The number of carbonyl (C=O) groups excluding carboxylic acids is 1. The highest BCUT2D eigenvalue weighted by molar-refractivity contribution is 7.92. The second kappa shape index (κ2) is 8.48. The van der Waals surface area contributed by atoms with Crippen LogP contribution in [0.15, 0.2) is 65.8 Å². The third-order valence-corrected chi connectivity index (χ3v) is 6.30. The summed E-state index contributed by atoms with van der Waals surface area (Å²) in [7, 11) is -2.06. The van der Waals surface area contributed by atoms with E-state index in [1.807, 2.05) is 26.0 Å². The van der Waals surface area contributed by atoms with E-state index in [4.69, 9.17) is 0 Å². The van der Waals surface area contributed by atoms with Crippen molar-refractivity contribution in [3.8, 4) is 0 Å². The molecule has 0 saturated carbocycles. The topological polar surface area (TPSA) is 84.3 Å². The van der Waals surface area contributed by atoms with Crippen molar-refractivity contribution in [3.63, 3.8) is 0 Å². The summed E-state index contributed by atoms with van der Waals surface area (Å²) in [6.45, 7) is 3.85. The lowest BCUT2D eigenvalue weighted by molar-refractivity contribution is -0.116. The first kappa shape index (κ1) is 20.6. The summed E-state index contributed by atoms with van der Waals surface area (Å²) in [5.41, 5.74) is 3.09. The molecule has 1 aromatic heterocycles. The normalized spacial score (nSPS) is 11.3.